The molecule has 4 heteroatoms. The van der Waals surface area contributed by atoms with Gasteiger partial charge in [0.1, 0.15) is 5.75 Å². The first-order valence-corrected chi connectivity index (χ1v) is 11.3. The summed E-state index contributed by atoms with van der Waals surface area (Å²) in [5.74, 6) is 1.89. The van der Waals surface area contributed by atoms with E-state index in [0.717, 1.165) is 5.75 Å². The number of aromatic nitrogens is 1. The number of anilines is 1. The second-order valence-corrected chi connectivity index (χ2v) is 8.81. The minimum Gasteiger partial charge on any atom is -0.495 e. The number of methoxy groups -OCH3 is 1. The Labute approximate surface area is 185 Å². The third-order valence-electron chi connectivity index (χ3n) is 7.28. The maximum atomic E-state index is 5.74. The Morgan fingerprint density at radius 2 is 1.65 bits per heavy atom. The molecule has 0 saturated carbocycles. The highest BCUT2D eigenvalue weighted by Crippen LogP contribution is 2.45. The molecule has 0 N–H and O–H groups in total. The van der Waals surface area contributed by atoms with Crippen molar-refractivity contribution in [1.29, 1.82) is 0 Å². The third kappa shape index (κ3) is 3.70. The van der Waals surface area contributed by atoms with Gasteiger partial charge in [-0.05, 0) is 61.2 Å². The molecule has 0 unspecified atom stereocenters. The van der Waals surface area contributed by atoms with Gasteiger partial charge in [0.25, 0.3) is 0 Å². The average Bonchev–Trinajstić information content (AvgIpc) is 2.86. The smallest absolute Gasteiger partial charge is 0.142 e. The van der Waals surface area contributed by atoms with Crippen molar-refractivity contribution in [1.82, 2.24) is 9.88 Å². The van der Waals surface area contributed by atoms with Gasteiger partial charge in [-0.15, -0.1) is 0 Å². The van der Waals surface area contributed by atoms with E-state index in [4.69, 9.17) is 4.74 Å². The average molecular weight is 414 g/mol. The zero-order chi connectivity index (χ0) is 21.2. The number of likely N-dealkylation sites (N-methyl/N-ethyl adjacent to an activating group) is 1. The van der Waals surface area contributed by atoms with Gasteiger partial charge in [0.2, 0.25) is 0 Å². The lowest BCUT2D eigenvalue weighted by Crippen LogP contribution is -2.65. The number of hydrogen-bond donors (Lipinski definition) is 0. The summed E-state index contributed by atoms with van der Waals surface area (Å²) in [6, 6.07) is 24.5. The van der Waals surface area contributed by atoms with Crippen LogP contribution in [0.2, 0.25) is 0 Å². The standard InChI is InChI=1S/C27H31N3O/c1-29(23-12-6-7-13-24(23)31-2)26-21-14-17-30(18-15-21)27(26)25(20-9-4-3-5-10-20)22-11-8-16-28-19-22/h3-13,16,19,21,25-27H,14-15,17-18H2,1-2H3/t25-,26+,27+/m0/s1. The van der Waals surface area contributed by atoms with E-state index < -0.39 is 0 Å². The van der Waals surface area contributed by atoms with Crippen LogP contribution in [0.5, 0.6) is 5.75 Å². The van der Waals surface area contributed by atoms with Gasteiger partial charge in [0.15, 0.2) is 0 Å². The van der Waals surface area contributed by atoms with Crippen molar-refractivity contribution in [3.8, 4) is 5.75 Å². The first-order chi connectivity index (χ1) is 15.3. The van der Waals surface area contributed by atoms with E-state index in [0.29, 0.717) is 18.0 Å². The van der Waals surface area contributed by atoms with Crippen LogP contribution in [0.1, 0.15) is 29.9 Å². The van der Waals surface area contributed by atoms with Gasteiger partial charge < -0.3 is 9.64 Å². The van der Waals surface area contributed by atoms with E-state index in [1.54, 1.807) is 7.11 Å². The number of rotatable bonds is 6. The van der Waals surface area contributed by atoms with Gasteiger partial charge in [-0.2, -0.15) is 0 Å². The van der Waals surface area contributed by atoms with Crippen LogP contribution in [-0.4, -0.2) is 49.2 Å². The summed E-state index contributed by atoms with van der Waals surface area (Å²) in [7, 11) is 4.02. The van der Waals surface area contributed by atoms with Crippen LogP contribution in [0.25, 0.3) is 0 Å². The molecule has 3 atom stereocenters. The van der Waals surface area contributed by atoms with E-state index >= 15 is 0 Å². The number of benzene rings is 2. The maximum Gasteiger partial charge on any atom is 0.142 e. The first-order valence-electron chi connectivity index (χ1n) is 11.3. The van der Waals surface area contributed by atoms with Gasteiger partial charge in [-0.1, -0.05) is 48.5 Å². The van der Waals surface area contributed by atoms with Crippen LogP contribution >= 0.6 is 0 Å². The van der Waals surface area contributed by atoms with Crippen LogP contribution < -0.4 is 9.64 Å². The summed E-state index contributed by atoms with van der Waals surface area (Å²) < 4.78 is 5.74. The molecule has 3 aromatic rings. The van der Waals surface area contributed by atoms with Crippen molar-refractivity contribution in [3.63, 3.8) is 0 Å². The predicted octanol–water partition coefficient (Wildman–Crippen LogP) is 4.82. The highest BCUT2D eigenvalue weighted by Gasteiger charge is 2.48. The zero-order valence-electron chi connectivity index (χ0n) is 18.4. The first kappa shape index (κ1) is 20.1. The SMILES string of the molecule is COc1ccccc1N(C)[C@@H]1C2CCN(CC2)[C@@H]1[C@@H](c1ccccc1)c1cccnc1. The summed E-state index contributed by atoms with van der Waals surface area (Å²) in [5.41, 5.74) is 3.84. The number of para-hydroxylation sites is 2. The molecule has 6 rings (SSSR count). The van der Waals surface area contributed by atoms with Gasteiger partial charge in [-0.25, -0.2) is 0 Å². The molecule has 3 aliphatic heterocycles. The number of piperidine rings is 3. The van der Waals surface area contributed by atoms with Crippen LogP contribution in [0.3, 0.4) is 0 Å². The highest BCUT2D eigenvalue weighted by atomic mass is 16.5. The van der Waals surface area contributed by atoms with Crippen molar-refractivity contribution < 1.29 is 4.74 Å². The third-order valence-corrected chi connectivity index (χ3v) is 7.28. The molecule has 0 aliphatic carbocycles. The van der Waals surface area contributed by atoms with E-state index in [2.05, 4.69) is 88.7 Å². The molecular weight excluding hydrogens is 382 g/mol. The quantitative estimate of drug-likeness (QED) is 0.579. The minimum atomic E-state index is 0.278. The lowest BCUT2D eigenvalue weighted by molar-refractivity contribution is 0.0184. The molecule has 0 amide bonds. The molecule has 4 heterocycles. The van der Waals surface area contributed by atoms with Gasteiger partial charge >= 0.3 is 0 Å². The Hall–Kier alpha value is -2.85. The molecule has 1 aromatic heterocycles. The molecule has 31 heavy (non-hydrogen) atoms. The summed E-state index contributed by atoms with van der Waals surface area (Å²) in [5, 5.41) is 0. The Balaban J connectivity index is 1.61. The fraction of sp³-hybridized carbons (Fsp3) is 0.370. The van der Waals surface area contributed by atoms with Crippen LogP contribution in [0.4, 0.5) is 5.69 Å². The van der Waals surface area contributed by atoms with Crippen molar-refractivity contribution >= 4 is 5.69 Å². The Kier molecular flexibility index (Phi) is 5.65. The molecule has 3 aliphatic rings. The molecule has 0 spiro atoms. The number of ether oxygens (including phenoxy) is 1. The normalized spacial score (nSPS) is 25.7. The summed E-state index contributed by atoms with van der Waals surface area (Å²) in [6.45, 7) is 2.35. The van der Waals surface area contributed by atoms with E-state index in [-0.39, 0.29) is 5.92 Å². The van der Waals surface area contributed by atoms with Crippen molar-refractivity contribution in [3.05, 3.63) is 90.3 Å². The molecule has 2 bridgehead atoms. The number of fused-ring (bicyclic) bond motifs is 3. The zero-order valence-corrected chi connectivity index (χ0v) is 18.4. The minimum absolute atomic E-state index is 0.278. The summed E-state index contributed by atoms with van der Waals surface area (Å²) in [6.07, 6.45) is 6.45. The van der Waals surface area contributed by atoms with Crippen LogP contribution in [0.15, 0.2) is 79.1 Å². The molecule has 3 fully saturated rings. The summed E-state index contributed by atoms with van der Waals surface area (Å²) in [4.78, 5) is 9.71. The Morgan fingerprint density at radius 3 is 2.35 bits per heavy atom. The lowest BCUT2D eigenvalue weighted by atomic mass is 9.70. The molecule has 3 saturated heterocycles. The molecule has 160 valence electrons. The van der Waals surface area contributed by atoms with Crippen LogP contribution in [0, 0.1) is 5.92 Å². The molecule has 4 nitrogen and oxygen atoms in total. The van der Waals surface area contributed by atoms with E-state index in [1.165, 1.54) is 42.7 Å². The number of hydrogen-bond acceptors (Lipinski definition) is 4. The lowest BCUT2D eigenvalue weighted by Gasteiger charge is -2.56. The van der Waals surface area contributed by atoms with Crippen LogP contribution in [-0.2, 0) is 0 Å². The highest BCUT2D eigenvalue weighted by molar-refractivity contribution is 5.59. The molecule has 0 radical (unpaired) electrons. The molecular formula is C27H31N3O. The summed E-state index contributed by atoms with van der Waals surface area (Å²) >= 11 is 0. The van der Waals surface area contributed by atoms with Crippen molar-refractivity contribution in [2.45, 2.75) is 30.8 Å². The number of nitrogens with zero attached hydrogens (tertiary/aromatic N) is 3. The second kappa shape index (κ2) is 8.72. The largest absolute Gasteiger partial charge is 0.495 e. The molecule has 2 aromatic carbocycles. The fourth-order valence-electron chi connectivity index (χ4n) is 5.90. The van der Waals surface area contributed by atoms with E-state index in [9.17, 15) is 0 Å². The monoisotopic (exact) mass is 413 g/mol. The Morgan fingerprint density at radius 1 is 0.935 bits per heavy atom. The topological polar surface area (TPSA) is 28.6 Å². The van der Waals surface area contributed by atoms with Crippen molar-refractivity contribution in [2.75, 3.05) is 32.1 Å². The fourth-order valence-corrected chi connectivity index (χ4v) is 5.90. The predicted molar refractivity (Wildman–Crippen MR) is 126 cm³/mol. The van der Waals surface area contributed by atoms with E-state index in [1.807, 2.05) is 12.3 Å². The van der Waals surface area contributed by atoms with Gasteiger partial charge in [0, 0.05) is 37.4 Å². The maximum absolute atomic E-state index is 5.74. The number of pyridine rings is 1. The van der Waals surface area contributed by atoms with Gasteiger partial charge in [0.05, 0.1) is 12.8 Å². The Bertz CT molecular complexity index is 946. The second-order valence-electron chi connectivity index (χ2n) is 8.81. The van der Waals surface area contributed by atoms with Gasteiger partial charge in [-0.3, -0.25) is 9.88 Å². The van der Waals surface area contributed by atoms with Crippen molar-refractivity contribution in [2.24, 2.45) is 5.92 Å².